The van der Waals surface area contributed by atoms with Gasteiger partial charge in [0.05, 0.1) is 17.4 Å². The molecule has 0 bridgehead atoms. The summed E-state index contributed by atoms with van der Waals surface area (Å²) in [6.45, 7) is 8.30. The molecule has 0 radical (unpaired) electrons. The van der Waals surface area contributed by atoms with Gasteiger partial charge in [0.25, 0.3) is 0 Å². The van der Waals surface area contributed by atoms with Crippen LogP contribution in [-0.4, -0.2) is 29.9 Å². The second kappa shape index (κ2) is 6.02. The Balaban J connectivity index is 2.03. The van der Waals surface area contributed by atoms with E-state index in [0.29, 0.717) is 28.2 Å². The smallest absolute Gasteiger partial charge is 0.241 e. The third-order valence-electron chi connectivity index (χ3n) is 4.22. The Labute approximate surface area is 125 Å². The van der Waals surface area contributed by atoms with Gasteiger partial charge in [-0.1, -0.05) is 25.4 Å². The van der Waals surface area contributed by atoms with E-state index >= 15 is 0 Å². The van der Waals surface area contributed by atoms with Crippen molar-refractivity contribution in [2.75, 3.05) is 24.1 Å². The van der Waals surface area contributed by atoms with E-state index in [-0.39, 0.29) is 11.9 Å². The van der Waals surface area contributed by atoms with E-state index in [1.165, 1.54) is 0 Å². The highest BCUT2D eigenvalue weighted by molar-refractivity contribution is 6.31. The van der Waals surface area contributed by atoms with Gasteiger partial charge in [0.1, 0.15) is 0 Å². The van der Waals surface area contributed by atoms with Crippen molar-refractivity contribution < 1.29 is 4.79 Å². The number of hydrogen-bond donors (Lipinski definition) is 2. The van der Waals surface area contributed by atoms with Crippen molar-refractivity contribution in [3.8, 4) is 0 Å². The molecule has 1 aliphatic rings. The molecular weight excluding hydrogens is 274 g/mol. The molecule has 1 aromatic carbocycles. The van der Waals surface area contributed by atoms with E-state index in [9.17, 15) is 4.79 Å². The second-order valence-corrected chi connectivity index (χ2v) is 6.24. The summed E-state index contributed by atoms with van der Waals surface area (Å²) in [5, 5.41) is 3.43. The summed E-state index contributed by atoms with van der Waals surface area (Å²) in [7, 11) is 0. The van der Waals surface area contributed by atoms with Gasteiger partial charge in [0, 0.05) is 18.1 Å². The quantitative estimate of drug-likeness (QED) is 0.843. The Morgan fingerprint density at radius 2 is 2.00 bits per heavy atom. The van der Waals surface area contributed by atoms with Gasteiger partial charge in [-0.25, -0.2) is 0 Å². The average molecular weight is 296 g/mol. The van der Waals surface area contributed by atoms with Crippen molar-refractivity contribution in [1.29, 1.82) is 0 Å². The van der Waals surface area contributed by atoms with Crippen LogP contribution in [0.5, 0.6) is 0 Å². The fourth-order valence-electron chi connectivity index (χ4n) is 2.53. The van der Waals surface area contributed by atoms with E-state index in [2.05, 4.69) is 24.1 Å². The van der Waals surface area contributed by atoms with Crippen molar-refractivity contribution in [2.24, 2.45) is 11.8 Å². The number of hydrogen-bond acceptors (Lipinski definition) is 3. The van der Waals surface area contributed by atoms with Crippen LogP contribution in [0.1, 0.15) is 20.8 Å². The van der Waals surface area contributed by atoms with Crippen molar-refractivity contribution in [1.82, 2.24) is 4.90 Å². The Bertz CT molecular complexity index is 496. The number of rotatable bonds is 3. The highest BCUT2D eigenvalue weighted by Crippen LogP contribution is 2.26. The van der Waals surface area contributed by atoms with Crippen LogP contribution in [0.25, 0.3) is 0 Å². The lowest BCUT2D eigenvalue weighted by Crippen LogP contribution is -2.41. The molecule has 110 valence electrons. The summed E-state index contributed by atoms with van der Waals surface area (Å²) >= 11 is 5.93. The molecule has 2 rings (SSSR count). The molecule has 3 atom stereocenters. The monoisotopic (exact) mass is 295 g/mol. The summed E-state index contributed by atoms with van der Waals surface area (Å²) in [5.74, 6) is 1.21. The third-order valence-corrected chi connectivity index (χ3v) is 4.45. The highest BCUT2D eigenvalue weighted by atomic mass is 35.5. The fourth-order valence-corrected chi connectivity index (χ4v) is 2.70. The summed E-state index contributed by atoms with van der Waals surface area (Å²) in [6, 6.07) is 4.92. The molecule has 0 aliphatic carbocycles. The van der Waals surface area contributed by atoms with Gasteiger partial charge in [-0.05, 0) is 37.0 Å². The summed E-state index contributed by atoms with van der Waals surface area (Å²) < 4.78 is 0. The lowest BCUT2D eigenvalue weighted by molar-refractivity contribution is -0.120. The normalized spacial score (nSPS) is 24.6. The number of halogens is 1. The van der Waals surface area contributed by atoms with Crippen LogP contribution < -0.4 is 11.1 Å². The van der Waals surface area contributed by atoms with Crippen LogP contribution in [0, 0.1) is 11.8 Å². The van der Waals surface area contributed by atoms with Gasteiger partial charge >= 0.3 is 0 Å². The van der Waals surface area contributed by atoms with E-state index < -0.39 is 0 Å². The fraction of sp³-hybridized carbons (Fsp3) is 0.533. The van der Waals surface area contributed by atoms with Gasteiger partial charge in [-0.15, -0.1) is 0 Å². The maximum atomic E-state index is 12.3. The molecule has 3 unspecified atom stereocenters. The summed E-state index contributed by atoms with van der Waals surface area (Å²) in [6.07, 6.45) is 0. The number of carbonyl (C=O) groups excluding carboxylic acids is 1. The number of nitrogens with two attached hydrogens (primary N) is 1. The first kappa shape index (κ1) is 15.1. The molecule has 1 saturated heterocycles. The Hall–Kier alpha value is -1.26. The van der Waals surface area contributed by atoms with Crippen LogP contribution in [0.4, 0.5) is 11.4 Å². The van der Waals surface area contributed by atoms with Gasteiger partial charge in [0.2, 0.25) is 5.91 Å². The second-order valence-electron chi connectivity index (χ2n) is 5.81. The molecule has 1 amide bonds. The average Bonchev–Trinajstić information content (AvgIpc) is 2.73. The summed E-state index contributed by atoms with van der Waals surface area (Å²) in [4.78, 5) is 14.5. The van der Waals surface area contributed by atoms with E-state index in [4.69, 9.17) is 17.3 Å². The largest absolute Gasteiger partial charge is 0.397 e. The highest BCUT2D eigenvalue weighted by Gasteiger charge is 2.32. The molecule has 5 heteroatoms. The Kier molecular flexibility index (Phi) is 4.55. The number of amides is 1. The van der Waals surface area contributed by atoms with Crippen LogP contribution in [-0.2, 0) is 4.79 Å². The molecule has 3 N–H and O–H groups in total. The lowest BCUT2D eigenvalue weighted by Gasteiger charge is -2.23. The minimum Gasteiger partial charge on any atom is -0.397 e. The van der Waals surface area contributed by atoms with Crippen molar-refractivity contribution in [3.05, 3.63) is 23.2 Å². The van der Waals surface area contributed by atoms with E-state index in [0.717, 1.165) is 13.1 Å². The molecule has 0 spiro atoms. The van der Waals surface area contributed by atoms with Gasteiger partial charge in [-0.3, -0.25) is 9.69 Å². The molecule has 0 saturated carbocycles. The van der Waals surface area contributed by atoms with Crippen LogP contribution in [0.3, 0.4) is 0 Å². The molecular formula is C15H22ClN3O. The number of benzene rings is 1. The zero-order valence-corrected chi connectivity index (χ0v) is 12.9. The molecule has 1 fully saturated rings. The number of nitrogens with zero attached hydrogens (tertiary/aromatic N) is 1. The first-order chi connectivity index (χ1) is 9.38. The number of carbonyl (C=O) groups is 1. The van der Waals surface area contributed by atoms with Crippen LogP contribution >= 0.6 is 11.6 Å². The number of likely N-dealkylation sites (tertiary alicyclic amines) is 1. The van der Waals surface area contributed by atoms with Crippen LogP contribution in [0.2, 0.25) is 5.02 Å². The molecule has 4 nitrogen and oxygen atoms in total. The van der Waals surface area contributed by atoms with Crippen molar-refractivity contribution in [2.45, 2.75) is 26.8 Å². The topological polar surface area (TPSA) is 58.4 Å². The van der Waals surface area contributed by atoms with Crippen LogP contribution in [0.15, 0.2) is 18.2 Å². The van der Waals surface area contributed by atoms with Gasteiger partial charge < -0.3 is 11.1 Å². The van der Waals surface area contributed by atoms with Crippen molar-refractivity contribution >= 4 is 28.9 Å². The van der Waals surface area contributed by atoms with Gasteiger partial charge in [0.15, 0.2) is 0 Å². The number of nitrogen functional groups attached to an aromatic ring is 1. The van der Waals surface area contributed by atoms with E-state index in [1.54, 1.807) is 18.2 Å². The maximum Gasteiger partial charge on any atom is 0.241 e. The minimum absolute atomic E-state index is 0.0414. The molecule has 1 aliphatic heterocycles. The predicted octanol–water partition coefficient (Wildman–Crippen LogP) is 2.84. The first-order valence-electron chi connectivity index (χ1n) is 6.98. The third kappa shape index (κ3) is 3.25. The Morgan fingerprint density at radius 3 is 2.60 bits per heavy atom. The zero-order chi connectivity index (χ0) is 14.9. The SMILES string of the molecule is CC1CN(C(C)C(=O)Nc2cc(Cl)ccc2N)CC1C. The minimum atomic E-state index is -0.166. The molecule has 0 aromatic heterocycles. The van der Waals surface area contributed by atoms with Crippen molar-refractivity contribution in [3.63, 3.8) is 0 Å². The first-order valence-corrected chi connectivity index (χ1v) is 7.36. The Morgan fingerprint density at radius 1 is 1.40 bits per heavy atom. The number of anilines is 2. The standard InChI is InChI=1S/C15H22ClN3O/c1-9-7-19(8-10(9)2)11(3)15(20)18-14-6-12(16)4-5-13(14)17/h4-6,9-11H,7-8,17H2,1-3H3,(H,18,20). The van der Waals surface area contributed by atoms with Gasteiger partial charge in [-0.2, -0.15) is 0 Å². The summed E-state index contributed by atoms with van der Waals surface area (Å²) in [5.41, 5.74) is 6.95. The lowest BCUT2D eigenvalue weighted by atomic mass is 10.0. The zero-order valence-electron chi connectivity index (χ0n) is 12.2. The molecule has 20 heavy (non-hydrogen) atoms. The van der Waals surface area contributed by atoms with E-state index in [1.807, 2.05) is 6.92 Å². The maximum absolute atomic E-state index is 12.3. The predicted molar refractivity (Wildman–Crippen MR) is 83.9 cm³/mol. The molecule has 1 heterocycles. The number of nitrogens with one attached hydrogen (secondary N) is 1. The molecule has 1 aromatic rings.